The second-order valence-corrected chi connectivity index (χ2v) is 9.55. The van der Waals surface area contributed by atoms with E-state index < -0.39 is 5.91 Å². The molecule has 30 heavy (non-hydrogen) atoms. The molecule has 0 bridgehead atoms. The number of benzene rings is 2. The lowest BCUT2D eigenvalue weighted by molar-refractivity contribution is -0.112. The Hall–Kier alpha value is -2.29. The number of carbonyl (C=O) groups is 1. The van der Waals surface area contributed by atoms with Crippen molar-refractivity contribution < 1.29 is 4.79 Å². The normalized spacial score (nSPS) is 17.8. The zero-order chi connectivity index (χ0) is 22.1. The van der Waals surface area contributed by atoms with Gasteiger partial charge in [0.25, 0.3) is 5.91 Å². The highest BCUT2D eigenvalue weighted by Gasteiger charge is 2.35. The summed E-state index contributed by atoms with van der Waals surface area (Å²) in [5, 5.41) is 12.9. The molecule has 1 amide bonds. The predicted octanol–water partition coefficient (Wildman–Crippen LogP) is 6.76. The van der Waals surface area contributed by atoms with Gasteiger partial charge >= 0.3 is 0 Å². The molecule has 0 spiro atoms. The van der Waals surface area contributed by atoms with Crippen LogP contribution in [-0.2, 0) is 4.79 Å². The van der Waals surface area contributed by atoms with E-state index in [-0.39, 0.29) is 11.1 Å². The number of nitrogens with one attached hydrogen (secondary N) is 1. The third kappa shape index (κ3) is 4.55. The Morgan fingerprint density at radius 1 is 1.37 bits per heavy atom. The van der Waals surface area contributed by atoms with E-state index in [2.05, 4.69) is 53.8 Å². The molecule has 0 aromatic heterocycles. The quantitative estimate of drug-likeness (QED) is 0.384. The van der Waals surface area contributed by atoms with Gasteiger partial charge in [-0.25, -0.2) is 0 Å². The van der Waals surface area contributed by atoms with E-state index >= 15 is 0 Å². The van der Waals surface area contributed by atoms with Crippen LogP contribution in [-0.4, -0.2) is 18.0 Å². The van der Waals surface area contributed by atoms with E-state index in [0.717, 1.165) is 23.1 Å². The molecule has 0 saturated heterocycles. The van der Waals surface area contributed by atoms with Crippen LogP contribution in [0.2, 0.25) is 5.02 Å². The van der Waals surface area contributed by atoms with Crippen molar-refractivity contribution in [3.8, 4) is 6.07 Å². The zero-order valence-corrected chi connectivity index (χ0v) is 19.9. The third-order valence-electron chi connectivity index (χ3n) is 5.59. The summed E-state index contributed by atoms with van der Waals surface area (Å²) in [5.41, 5.74) is 3.68. The van der Waals surface area contributed by atoms with Crippen molar-refractivity contribution in [1.29, 1.82) is 5.26 Å². The number of anilines is 2. The Morgan fingerprint density at radius 3 is 2.63 bits per heavy atom. The number of fused-ring (bicyclic) bond motifs is 1. The van der Waals surface area contributed by atoms with Crippen molar-refractivity contribution in [2.75, 3.05) is 16.8 Å². The Morgan fingerprint density at radius 2 is 2.03 bits per heavy atom. The van der Waals surface area contributed by atoms with Crippen molar-refractivity contribution in [3.05, 3.63) is 62.6 Å². The SMILES string of the molecule is CCN1c2cc(Cl)c(/C=C(\C#N)C(=O)Nc3ccc(Br)cc3)cc2C(C)CC1(C)C. The van der Waals surface area contributed by atoms with Gasteiger partial charge in [0.1, 0.15) is 11.6 Å². The molecule has 0 radical (unpaired) electrons. The van der Waals surface area contributed by atoms with Crippen LogP contribution < -0.4 is 10.2 Å². The maximum atomic E-state index is 12.6. The minimum absolute atomic E-state index is 0.0101. The fraction of sp³-hybridized carbons (Fsp3) is 0.333. The highest BCUT2D eigenvalue weighted by atomic mass is 79.9. The molecule has 1 N–H and O–H groups in total. The van der Waals surface area contributed by atoms with Gasteiger partial charge in [-0.2, -0.15) is 5.26 Å². The maximum absolute atomic E-state index is 12.6. The Balaban J connectivity index is 1.96. The van der Waals surface area contributed by atoms with Crippen LogP contribution in [0, 0.1) is 11.3 Å². The van der Waals surface area contributed by atoms with Crippen molar-refractivity contribution in [2.24, 2.45) is 0 Å². The summed E-state index contributed by atoms with van der Waals surface area (Å²) in [7, 11) is 0. The number of halogens is 2. The second kappa shape index (κ2) is 8.83. The molecule has 4 nitrogen and oxygen atoms in total. The van der Waals surface area contributed by atoms with Gasteiger partial charge in [0.05, 0.1) is 0 Å². The molecule has 2 aromatic rings. The molecular weight excluding hydrogens is 462 g/mol. The average molecular weight is 487 g/mol. The molecule has 3 rings (SSSR count). The van der Waals surface area contributed by atoms with Crippen molar-refractivity contribution in [2.45, 2.75) is 45.6 Å². The minimum atomic E-state index is -0.460. The fourth-order valence-corrected chi connectivity index (χ4v) is 4.74. The lowest BCUT2D eigenvalue weighted by atomic mass is 9.79. The van der Waals surface area contributed by atoms with Gasteiger partial charge < -0.3 is 10.2 Å². The third-order valence-corrected chi connectivity index (χ3v) is 6.44. The predicted molar refractivity (Wildman–Crippen MR) is 128 cm³/mol. The maximum Gasteiger partial charge on any atom is 0.266 e. The van der Waals surface area contributed by atoms with Crippen molar-refractivity contribution >= 4 is 50.9 Å². The first-order chi connectivity index (χ1) is 14.2. The first-order valence-electron chi connectivity index (χ1n) is 9.96. The highest BCUT2D eigenvalue weighted by molar-refractivity contribution is 9.10. The Kier molecular flexibility index (Phi) is 6.59. The molecule has 1 unspecified atom stereocenters. The smallest absolute Gasteiger partial charge is 0.266 e. The fourth-order valence-electron chi connectivity index (χ4n) is 4.27. The number of amides is 1. The summed E-state index contributed by atoms with van der Waals surface area (Å²) >= 11 is 9.95. The van der Waals surface area contributed by atoms with E-state index in [1.807, 2.05) is 30.3 Å². The van der Waals surface area contributed by atoms with E-state index in [9.17, 15) is 10.1 Å². The minimum Gasteiger partial charge on any atom is -0.366 e. The van der Waals surface area contributed by atoms with Gasteiger partial charge in [-0.15, -0.1) is 0 Å². The van der Waals surface area contributed by atoms with Gasteiger partial charge in [0.2, 0.25) is 0 Å². The zero-order valence-electron chi connectivity index (χ0n) is 17.6. The van der Waals surface area contributed by atoms with Crippen LogP contribution in [0.15, 0.2) is 46.4 Å². The first-order valence-corrected chi connectivity index (χ1v) is 11.1. The monoisotopic (exact) mass is 485 g/mol. The molecule has 1 aliphatic rings. The van der Waals surface area contributed by atoms with Gasteiger partial charge in [-0.3, -0.25) is 4.79 Å². The van der Waals surface area contributed by atoms with Gasteiger partial charge in [-0.1, -0.05) is 34.5 Å². The van der Waals surface area contributed by atoms with Crippen LogP contribution >= 0.6 is 27.5 Å². The summed E-state index contributed by atoms with van der Waals surface area (Å²) in [6, 6.07) is 13.2. The molecule has 0 fully saturated rings. The van der Waals surface area contributed by atoms with Crippen LogP contribution in [0.3, 0.4) is 0 Å². The van der Waals surface area contributed by atoms with Crippen LogP contribution in [0.1, 0.15) is 51.2 Å². The molecule has 1 heterocycles. The molecule has 1 aliphatic heterocycles. The lowest BCUT2D eigenvalue weighted by Gasteiger charge is -2.47. The Bertz CT molecular complexity index is 1040. The molecule has 0 saturated carbocycles. The summed E-state index contributed by atoms with van der Waals surface area (Å²) < 4.78 is 0.913. The van der Waals surface area contributed by atoms with Crippen molar-refractivity contribution in [1.82, 2.24) is 0 Å². The van der Waals surface area contributed by atoms with E-state index in [0.29, 0.717) is 22.2 Å². The topological polar surface area (TPSA) is 56.1 Å². The number of carbonyl (C=O) groups excluding carboxylic acids is 1. The molecular formula is C24H25BrClN3O. The molecule has 6 heteroatoms. The average Bonchev–Trinajstić information content (AvgIpc) is 2.68. The van der Waals surface area contributed by atoms with Gasteiger partial charge in [0, 0.05) is 33.0 Å². The lowest BCUT2D eigenvalue weighted by Crippen LogP contribution is -2.48. The largest absolute Gasteiger partial charge is 0.366 e. The van der Waals surface area contributed by atoms with Gasteiger partial charge in [-0.05, 0) is 86.7 Å². The van der Waals surface area contributed by atoms with E-state index in [1.54, 1.807) is 18.2 Å². The number of nitrogens with zero attached hydrogens (tertiary/aromatic N) is 2. The standard InChI is InChI=1S/C24H25BrClN3O/c1-5-29-22-12-21(26)16(11-20(22)15(2)13-24(29,3)4)10-17(14-27)23(30)28-19-8-6-18(25)7-9-19/h6-12,15H,5,13H2,1-4H3,(H,28,30)/b17-10+. The molecule has 2 aromatic carbocycles. The summed E-state index contributed by atoms with van der Waals surface area (Å²) in [6.07, 6.45) is 2.59. The van der Waals surface area contributed by atoms with E-state index in [4.69, 9.17) is 11.6 Å². The number of rotatable bonds is 4. The van der Waals surface area contributed by atoms with Crippen LogP contribution in [0.4, 0.5) is 11.4 Å². The van der Waals surface area contributed by atoms with E-state index in [1.165, 1.54) is 5.56 Å². The molecule has 0 aliphatic carbocycles. The number of hydrogen-bond donors (Lipinski definition) is 1. The summed E-state index contributed by atoms with van der Waals surface area (Å²) in [5.74, 6) is -0.109. The Labute approximate surface area is 191 Å². The first kappa shape index (κ1) is 22.4. The second-order valence-electron chi connectivity index (χ2n) is 8.23. The number of hydrogen-bond acceptors (Lipinski definition) is 3. The van der Waals surface area contributed by atoms with Crippen LogP contribution in [0.25, 0.3) is 6.08 Å². The molecule has 1 atom stereocenters. The summed E-state index contributed by atoms with van der Waals surface area (Å²) in [6.45, 7) is 9.73. The summed E-state index contributed by atoms with van der Waals surface area (Å²) in [4.78, 5) is 15.0. The van der Waals surface area contributed by atoms with Crippen molar-refractivity contribution in [3.63, 3.8) is 0 Å². The highest BCUT2D eigenvalue weighted by Crippen LogP contribution is 2.45. The number of nitriles is 1. The van der Waals surface area contributed by atoms with Crippen LogP contribution in [0.5, 0.6) is 0 Å². The molecule has 156 valence electrons. The van der Waals surface area contributed by atoms with Gasteiger partial charge in [0.15, 0.2) is 0 Å².